The van der Waals surface area contributed by atoms with Crippen LogP contribution in [0.2, 0.25) is 0 Å². The maximum Gasteiger partial charge on any atom is 0.305 e. The van der Waals surface area contributed by atoms with E-state index in [1.54, 1.807) is 6.08 Å². The average molecular weight is 473 g/mol. The lowest BCUT2D eigenvalue weighted by molar-refractivity contribution is -0.193. The number of carbonyl (C=O) groups is 1. The van der Waals surface area contributed by atoms with E-state index in [1.807, 2.05) is 19.1 Å². The SMILES string of the molecule is CCCCCC(F)(F)/C=C/[C@@H]1[C@@H](C/C=C\CCCC(=O)OC)[C@@H](O)C[C@H]1OC1CCCCO1. The van der Waals surface area contributed by atoms with Gasteiger partial charge in [-0.25, -0.2) is 8.78 Å². The normalized spacial score (nSPS) is 28.7. The molecule has 33 heavy (non-hydrogen) atoms. The van der Waals surface area contributed by atoms with Crippen LogP contribution in [-0.2, 0) is 19.0 Å². The van der Waals surface area contributed by atoms with Crippen LogP contribution in [0.15, 0.2) is 24.3 Å². The summed E-state index contributed by atoms with van der Waals surface area (Å²) in [6, 6.07) is 0. The Labute approximate surface area is 197 Å². The molecule has 1 N–H and O–H groups in total. The predicted octanol–water partition coefficient (Wildman–Crippen LogP) is 5.96. The zero-order valence-corrected chi connectivity index (χ0v) is 20.2. The summed E-state index contributed by atoms with van der Waals surface area (Å²) in [5, 5.41) is 10.7. The number of aliphatic hydroxyl groups is 1. The van der Waals surface area contributed by atoms with Crippen LogP contribution in [0.3, 0.4) is 0 Å². The Morgan fingerprint density at radius 2 is 2.03 bits per heavy atom. The Balaban J connectivity index is 2.00. The van der Waals surface area contributed by atoms with Crippen LogP contribution in [-0.4, -0.2) is 49.2 Å². The third kappa shape index (κ3) is 10.2. The lowest BCUT2D eigenvalue weighted by Gasteiger charge is -2.29. The number of alkyl halides is 2. The van der Waals surface area contributed by atoms with E-state index in [4.69, 9.17) is 9.47 Å². The van der Waals surface area contributed by atoms with E-state index in [2.05, 4.69) is 4.74 Å². The number of methoxy groups -OCH3 is 1. The number of rotatable bonds is 14. The van der Waals surface area contributed by atoms with Gasteiger partial charge in [-0.3, -0.25) is 4.79 Å². The summed E-state index contributed by atoms with van der Waals surface area (Å²) in [7, 11) is 1.37. The smallest absolute Gasteiger partial charge is 0.305 e. The van der Waals surface area contributed by atoms with Crippen molar-refractivity contribution in [1.29, 1.82) is 0 Å². The third-order valence-corrected chi connectivity index (χ3v) is 6.59. The molecule has 2 rings (SSSR count). The van der Waals surface area contributed by atoms with Gasteiger partial charge in [-0.1, -0.05) is 38.0 Å². The summed E-state index contributed by atoms with van der Waals surface area (Å²) in [6.45, 7) is 2.64. The monoisotopic (exact) mass is 472 g/mol. The van der Waals surface area contributed by atoms with Gasteiger partial charge in [0, 0.05) is 31.8 Å². The molecular weight excluding hydrogens is 430 g/mol. The zero-order valence-electron chi connectivity index (χ0n) is 20.2. The highest BCUT2D eigenvalue weighted by Crippen LogP contribution is 2.40. The highest BCUT2D eigenvalue weighted by molar-refractivity contribution is 5.69. The zero-order chi connectivity index (χ0) is 24.1. The molecule has 1 aliphatic carbocycles. The second-order valence-electron chi connectivity index (χ2n) is 9.27. The van der Waals surface area contributed by atoms with Crippen LogP contribution in [0.5, 0.6) is 0 Å². The number of hydrogen-bond donors (Lipinski definition) is 1. The first kappa shape index (κ1) is 27.9. The number of unbranched alkanes of at least 4 members (excludes halogenated alkanes) is 3. The summed E-state index contributed by atoms with van der Waals surface area (Å²) in [5.74, 6) is -3.59. The number of allylic oxidation sites excluding steroid dienone is 3. The van der Waals surface area contributed by atoms with Crippen molar-refractivity contribution < 1.29 is 32.9 Å². The van der Waals surface area contributed by atoms with Crippen LogP contribution in [0.25, 0.3) is 0 Å². The van der Waals surface area contributed by atoms with Crippen molar-refractivity contribution in [2.24, 2.45) is 11.8 Å². The summed E-state index contributed by atoms with van der Waals surface area (Å²) >= 11 is 0. The molecule has 0 spiro atoms. The summed E-state index contributed by atoms with van der Waals surface area (Å²) < 4.78 is 45.4. The van der Waals surface area contributed by atoms with E-state index in [-0.39, 0.29) is 36.6 Å². The molecule has 7 heteroatoms. The summed E-state index contributed by atoms with van der Waals surface area (Å²) in [4.78, 5) is 11.2. The Hall–Kier alpha value is -1.31. The van der Waals surface area contributed by atoms with Gasteiger partial charge in [0.05, 0.1) is 19.3 Å². The Kier molecular flexibility index (Phi) is 12.6. The lowest BCUT2D eigenvalue weighted by Crippen LogP contribution is -2.31. The molecule has 0 aromatic rings. The molecule has 1 aliphatic heterocycles. The fraction of sp³-hybridized carbons (Fsp3) is 0.808. The maximum atomic E-state index is 14.4. The Bertz CT molecular complexity index is 616. The van der Waals surface area contributed by atoms with Gasteiger partial charge in [0.15, 0.2) is 6.29 Å². The highest BCUT2D eigenvalue weighted by atomic mass is 19.3. The molecule has 0 bridgehead atoms. The fourth-order valence-electron chi connectivity index (χ4n) is 4.63. The van der Waals surface area contributed by atoms with Gasteiger partial charge in [0.2, 0.25) is 0 Å². The standard InChI is InChI=1S/C26H42F2O5/c1-3-4-10-16-26(27,28)17-15-21-20(12-7-5-6-8-13-24(30)31-2)22(29)19-23(21)33-25-14-9-11-18-32-25/h5,7,15,17,20-23,25,29H,3-4,6,8-14,16,18-19H2,1-2H3/b7-5-,17-15+/t20-,21-,22+,23-,25?/m1/s1. The molecule has 1 unspecified atom stereocenters. The van der Waals surface area contributed by atoms with E-state index >= 15 is 0 Å². The molecule has 0 aromatic heterocycles. The van der Waals surface area contributed by atoms with E-state index in [0.717, 1.165) is 44.6 Å². The van der Waals surface area contributed by atoms with Gasteiger partial charge in [0.1, 0.15) is 0 Å². The summed E-state index contributed by atoms with van der Waals surface area (Å²) in [6.07, 6.45) is 12.9. The van der Waals surface area contributed by atoms with Crippen molar-refractivity contribution in [3.8, 4) is 0 Å². The maximum absolute atomic E-state index is 14.4. The number of aliphatic hydroxyl groups excluding tert-OH is 1. The van der Waals surface area contributed by atoms with E-state index < -0.39 is 12.0 Å². The predicted molar refractivity (Wildman–Crippen MR) is 124 cm³/mol. The first-order valence-corrected chi connectivity index (χ1v) is 12.6. The van der Waals surface area contributed by atoms with E-state index in [0.29, 0.717) is 38.7 Å². The van der Waals surface area contributed by atoms with E-state index in [9.17, 15) is 18.7 Å². The molecule has 0 radical (unpaired) electrons. The molecule has 0 amide bonds. The summed E-state index contributed by atoms with van der Waals surface area (Å²) in [5.41, 5.74) is 0. The van der Waals surface area contributed by atoms with Gasteiger partial charge >= 0.3 is 5.97 Å². The van der Waals surface area contributed by atoms with Gasteiger partial charge < -0.3 is 19.3 Å². The Morgan fingerprint density at radius 1 is 1.21 bits per heavy atom. The first-order valence-electron chi connectivity index (χ1n) is 12.6. The van der Waals surface area contributed by atoms with Crippen LogP contribution in [0, 0.1) is 11.8 Å². The molecule has 5 atom stereocenters. The topological polar surface area (TPSA) is 65.0 Å². The van der Waals surface area contributed by atoms with Crippen molar-refractivity contribution >= 4 is 5.97 Å². The van der Waals surface area contributed by atoms with Gasteiger partial charge in [-0.15, -0.1) is 0 Å². The molecular formula is C26H42F2O5. The van der Waals surface area contributed by atoms with Crippen molar-refractivity contribution in [3.05, 3.63) is 24.3 Å². The first-order chi connectivity index (χ1) is 15.9. The van der Waals surface area contributed by atoms with Gasteiger partial charge in [-0.05, 0) is 56.9 Å². The highest BCUT2D eigenvalue weighted by Gasteiger charge is 2.43. The fourth-order valence-corrected chi connectivity index (χ4v) is 4.63. The average Bonchev–Trinajstić information content (AvgIpc) is 3.09. The molecule has 0 aromatic carbocycles. The quantitative estimate of drug-likeness (QED) is 0.192. The van der Waals surface area contributed by atoms with Crippen molar-refractivity contribution in [2.45, 2.75) is 108 Å². The van der Waals surface area contributed by atoms with Crippen LogP contribution < -0.4 is 0 Å². The minimum atomic E-state index is -2.86. The molecule has 1 heterocycles. The van der Waals surface area contributed by atoms with Crippen molar-refractivity contribution in [3.63, 3.8) is 0 Å². The second kappa shape index (κ2) is 14.8. The third-order valence-electron chi connectivity index (χ3n) is 6.59. The largest absolute Gasteiger partial charge is 0.469 e. The number of hydrogen-bond acceptors (Lipinski definition) is 5. The second-order valence-corrected chi connectivity index (χ2v) is 9.27. The lowest BCUT2D eigenvalue weighted by atomic mass is 9.89. The molecule has 2 aliphatic rings. The number of carbonyl (C=O) groups excluding carboxylic acids is 1. The Morgan fingerprint density at radius 3 is 2.73 bits per heavy atom. The van der Waals surface area contributed by atoms with E-state index in [1.165, 1.54) is 7.11 Å². The molecule has 1 saturated carbocycles. The van der Waals surface area contributed by atoms with Gasteiger partial charge in [-0.2, -0.15) is 0 Å². The molecule has 2 fully saturated rings. The van der Waals surface area contributed by atoms with Crippen LogP contribution in [0.1, 0.15) is 84.0 Å². The minimum Gasteiger partial charge on any atom is -0.469 e. The number of esters is 1. The number of halogens is 2. The minimum absolute atomic E-state index is 0.158. The molecule has 5 nitrogen and oxygen atoms in total. The van der Waals surface area contributed by atoms with Crippen molar-refractivity contribution in [2.75, 3.05) is 13.7 Å². The number of ether oxygens (including phenoxy) is 3. The van der Waals surface area contributed by atoms with Crippen LogP contribution >= 0.6 is 0 Å². The molecule has 190 valence electrons. The van der Waals surface area contributed by atoms with Gasteiger partial charge in [0.25, 0.3) is 5.92 Å². The molecule has 1 saturated heterocycles. The van der Waals surface area contributed by atoms with Crippen molar-refractivity contribution in [1.82, 2.24) is 0 Å². The van der Waals surface area contributed by atoms with Crippen LogP contribution in [0.4, 0.5) is 8.78 Å².